The molecule has 66 valence electrons. The van der Waals surface area contributed by atoms with Crippen molar-refractivity contribution in [3.8, 4) is 0 Å². The van der Waals surface area contributed by atoms with Gasteiger partial charge in [0.15, 0.2) is 0 Å². The van der Waals surface area contributed by atoms with Crippen LogP contribution in [0.4, 0.5) is 0 Å². The van der Waals surface area contributed by atoms with Gasteiger partial charge in [0.25, 0.3) is 0 Å². The molecule has 0 bridgehead atoms. The molecule has 1 saturated carbocycles. The van der Waals surface area contributed by atoms with Gasteiger partial charge in [0, 0.05) is 0 Å². The number of hydrogen-bond acceptors (Lipinski definition) is 1. The highest BCUT2D eigenvalue weighted by molar-refractivity contribution is 5.71. The Balaban J connectivity index is 2.16. The van der Waals surface area contributed by atoms with E-state index >= 15 is 0 Å². The summed E-state index contributed by atoms with van der Waals surface area (Å²) in [7, 11) is 0. The quantitative estimate of drug-likeness (QED) is 0.605. The lowest BCUT2D eigenvalue weighted by molar-refractivity contribution is -0.144. The Kier molecular flexibility index (Phi) is 1.91. The molecule has 1 N–H and O–H groups in total. The molecule has 0 aromatic carbocycles. The van der Waals surface area contributed by atoms with E-state index in [9.17, 15) is 4.79 Å². The normalized spacial score (nSPS) is 39.5. The predicted octanol–water partition coefficient (Wildman–Crippen LogP) is 2.06. The predicted molar refractivity (Wildman–Crippen MR) is 45.7 cm³/mol. The highest BCUT2D eigenvalue weighted by Gasteiger charge is 2.37. The Morgan fingerprint density at radius 2 is 2.25 bits per heavy atom. The molecular formula is C10H14O2. The van der Waals surface area contributed by atoms with Crippen LogP contribution < -0.4 is 0 Å². The summed E-state index contributed by atoms with van der Waals surface area (Å²) in [6, 6.07) is 0. The second kappa shape index (κ2) is 2.92. The number of carboxylic acid groups (broad SMARTS) is 1. The third kappa shape index (κ3) is 1.15. The Morgan fingerprint density at radius 1 is 1.42 bits per heavy atom. The third-order valence-electron chi connectivity index (χ3n) is 3.23. The fourth-order valence-corrected chi connectivity index (χ4v) is 2.61. The molecule has 0 aliphatic heterocycles. The second-order valence-corrected chi connectivity index (χ2v) is 3.87. The molecule has 2 rings (SSSR count). The van der Waals surface area contributed by atoms with Gasteiger partial charge in [-0.25, -0.2) is 0 Å². The smallest absolute Gasteiger partial charge is 0.307 e. The summed E-state index contributed by atoms with van der Waals surface area (Å²) in [6.07, 6.45) is 8.54. The van der Waals surface area contributed by atoms with Gasteiger partial charge in [-0.05, 0) is 31.1 Å². The number of aliphatic carboxylic acids is 1. The van der Waals surface area contributed by atoms with Crippen molar-refractivity contribution in [1.82, 2.24) is 0 Å². The molecular weight excluding hydrogens is 152 g/mol. The van der Waals surface area contributed by atoms with E-state index in [1.807, 2.05) is 6.08 Å². The lowest BCUT2D eigenvalue weighted by Gasteiger charge is -2.26. The molecule has 2 nitrogen and oxygen atoms in total. The average molecular weight is 166 g/mol. The van der Waals surface area contributed by atoms with Gasteiger partial charge in [0.05, 0.1) is 5.92 Å². The number of carboxylic acids is 1. The van der Waals surface area contributed by atoms with Crippen LogP contribution in [0.25, 0.3) is 0 Å². The largest absolute Gasteiger partial charge is 0.481 e. The first-order valence-corrected chi connectivity index (χ1v) is 4.68. The summed E-state index contributed by atoms with van der Waals surface area (Å²) in [4.78, 5) is 10.9. The van der Waals surface area contributed by atoms with E-state index in [1.54, 1.807) is 0 Å². The molecule has 3 atom stereocenters. The molecule has 0 saturated heterocycles. The number of allylic oxidation sites excluding steroid dienone is 2. The molecule has 0 amide bonds. The molecule has 0 aromatic heterocycles. The fraction of sp³-hybridized carbons (Fsp3) is 0.700. The Bertz CT molecular complexity index is 220. The Morgan fingerprint density at radius 3 is 3.00 bits per heavy atom. The molecule has 2 aliphatic rings. The monoisotopic (exact) mass is 166 g/mol. The maximum Gasteiger partial charge on any atom is 0.307 e. The molecule has 2 unspecified atom stereocenters. The van der Waals surface area contributed by atoms with Crippen LogP contribution in [0.1, 0.15) is 25.7 Å². The standard InChI is InChI=1S/C10H14O2/c11-10(12)9-6-2-4-7-3-1-5-8(7)9/h2,4,7-9H,1,3,5-6H2,(H,11,12)/t7?,8?,9-/m1/s1. The summed E-state index contributed by atoms with van der Waals surface area (Å²) in [5.41, 5.74) is 0. The SMILES string of the molecule is O=C(O)[C@@H]1CC=CC2CCCC21. The van der Waals surface area contributed by atoms with Crippen molar-refractivity contribution in [3.05, 3.63) is 12.2 Å². The molecule has 2 aliphatic carbocycles. The molecule has 1 fully saturated rings. The van der Waals surface area contributed by atoms with E-state index < -0.39 is 5.97 Å². The third-order valence-corrected chi connectivity index (χ3v) is 3.23. The molecule has 2 heteroatoms. The van der Waals surface area contributed by atoms with Gasteiger partial charge in [0.2, 0.25) is 0 Å². The van der Waals surface area contributed by atoms with E-state index in [0.29, 0.717) is 11.8 Å². The van der Waals surface area contributed by atoms with Crippen LogP contribution in [-0.4, -0.2) is 11.1 Å². The summed E-state index contributed by atoms with van der Waals surface area (Å²) >= 11 is 0. The Labute approximate surface area is 72.3 Å². The number of hydrogen-bond donors (Lipinski definition) is 1. The zero-order valence-electron chi connectivity index (χ0n) is 7.07. The number of fused-ring (bicyclic) bond motifs is 1. The van der Waals surface area contributed by atoms with Gasteiger partial charge in [-0.1, -0.05) is 18.6 Å². The minimum atomic E-state index is -0.601. The van der Waals surface area contributed by atoms with Gasteiger partial charge >= 0.3 is 5.97 Å². The van der Waals surface area contributed by atoms with E-state index in [-0.39, 0.29) is 5.92 Å². The summed E-state index contributed by atoms with van der Waals surface area (Å²) in [5, 5.41) is 8.95. The molecule has 0 radical (unpaired) electrons. The zero-order chi connectivity index (χ0) is 8.55. The van der Waals surface area contributed by atoms with E-state index in [0.717, 1.165) is 12.8 Å². The lowest BCUT2D eigenvalue weighted by Crippen LogP contribution is -2.27. The van der Waals surface area contributed by atoms with Crippen LogP contribution >= 0.6 is 0 Å². The van der Waals surface area contributed by atoms with Crippen molar-refractivity contribution in [2.75, 3.05) is 0 Å². The summed E-state index contributed by atoms with van der Waals surface area (Å²) in [6.45, 7) is 0. The van der Waals surface area contributed by atoms with E-state index in [1.165, 1.54) is 12.8 Å². The molecule has 0 aromatic rings. The van der Waals surface area contributed by atoms with Gasteiger partial charge in [0.1, 0.15) is 0 Å². The van der Waals surface area contributed by atoms with Gasteiger partial charge < -0.3 is 5.11 Å². The second-order valence-electron chi connectivity index (χ2n) is 3.87. The highest BCUT2D eigenvalue weighted by Crippen LogP contribution is 2.42. The van der Waals surface area contributed by atoms with Crippen LogP contribution in [0.3, 0.4) is 0 Å². The average Bonchev–Trinajstić information content (AvgIpc) is 2.49. The van der Waals surface area contributed by atoms with Crippen LogP contribution in [-0.2, 0) is 4.79 Å². The van der Waals surface area contributed by atoms with Crippen molar-refractivity contribution in [1.29, 1.82) is 0 Å². The van der Waals surface area contributed by atoms with Crippen LogP contribution in [0, 0.1) is 17.8 Å². The molecule has 0 spiro atoms. The van der Waals surface area contributed by atoms with Gasteiger partial charge in [-0.2, -0.15) is 0 Å². The highest BCUT2D eigenvalue weighted by atomic mass is 16.4. The topological polar surface area (TPSA) is 37.3 Å². The van der Waals surface area contributed by atoms with Crippen molar-refractivity contribution in [2.24, 2.45) is 17.8 Å². The first-order chi connectivity index (χ1) is 5.79. The first kappa shape index (κ1) is 7.84. The summed E-state index contributed by atoms with van der Waals surface area (Å²) in [5.74, 6) is 0.311. The fourth-order valence-electron chi connectivity index (χ4n) is 2.61. The van der Waals surface area contributed by atoms with Crippen molar-refractivity contribution in [3.63, 3.8) is 0 Å². The van der Waals surface area contributed by atoms with E-state index in [2.05, 4.69) is 6.08 Å². The molecule has 0 heterocycles. The number of rotatable bonds is 1. The maximum atomic E-state index is 10.9. The van der Waals surface area contributed by atoms with Crippen LogP contribution in [0.5, 0.6) is 0 Å². The lowest BCUT2D eigenvalue weighted by atomic mass is 9.78. The van der Waals surface area contributed by atoms with E-state index in [4.69, 9.17) is 5.11 Å². The zero-order valence-corrected chi connectivity index (χ0v) is 7.07. The van der Waals surface area contributed by atoms with Crippen LogP contribution in [0.15, 0.2) is 12.2 Å². The van der Waals surface area contributed by atoms with Crippen LogP contribution in [0.2, 0.25) is 0 Å². The maximum absolute atomic E-state index is 10.9. The first-order valence-electron chi connectivity index (χ1n) is 4.68. The van der Waals surface area contributed by atoms with Crippen molar-refractivity contribution < 1.29 is 9.90 Å². The summed E-state index contributed by atoms with van der Waals surface area (Å²) < 4.78 is 0. The van der Waals surface area contributed by atoms with Gasteiger partial charge in [-0.3, -0.25) is 4.79 Å². The minimum Gasteiger partial charge on any atom is -0.481 e. The number of carbonyl (C=O) groups is 1. The van der Waals surface area contributed by atoms with Crippen molar-refractivity contribution >= 4 is 5.97 Å². The Hall–Kier alpha value is -0.790. The minimum absolute atomic E-state index is 0.0949. The van der Waals surface area contributed by atoms with Gasteiger partial charge in [-0.15, -0.1) is 0 Å². The molecule has 12 heavy (non-hydrogen) atoms. The van der Waals surface area contributed by atoms with Crippen molar-refractivity contribution in [2.45, 2.75) is 25.7 Å².